The van der Waals surface area contributed by atoms with Crippen molar-refractivity contribution in [3.63, 3.8) is 0 Å². The van der Waals surface area contributed by atoms with E-state index < -0.39 is 0 Å². The van der Waals surface area contributed by atoms with Gasteiger partial charge in [0.2, 0.25) is 5.91 Å². The summed E-state index contributed by atoms with van der Waals surface area (Å²) in [6, 6.07) is 8.00. The predicted molar refractivity (Wildman–Crippen MR) is 124 cm³/mol. The van der Waals surface area contributed by atoms with Crippen LogP contribution in [-0.2, 0) is 11.3 Å². The Morgan fingerprint density at radius 1 is 1.29 bits per heavy atom. The molecule has 0 unspecified atom stereocenters. The van der Waals surface area contributed by atoms with Crippen LogP contribution < -0.4 is 21.1 Å². The Balaban J connectivity index is 0.00000392. The smallest absolute Gasteiger partial charge is 0.220 e. The second-order valence-corrected chi connectivity index (χ2v) is 6.93. The first-order valence-corrected chi connectivity index (χ1v) is 9.71. The van der Waals surface area contributed by atoms with Gasteiger partial charge in [0.1, 0.15) is 5.75 Å². The summed E-state index contributed by atoms with van der Waals surface area (Å²) in [6.45, 7) is 4.61. The molecule has 0 atom stereocenters. The number of ether oxygens (including phenoxy) is 1. The van der Waals surface area contributed by atoms with Crippen molar-refractivity contribution in [2.75, 3.05) is 40.3 Å². The van der Waals surface area contributed by atoms with Crippen molar-refractivity contribution >= 4 is 35.8 Å². The van der Waals surface area contributed by atoms with Crippen molar-refractivity contribution in [3.05, 3.63) is 29.8 Å². The van der Waals surface area contributed by atoms with E-state index in [4.69, 9.17) is 10.5 Å². The molecule has 8 heteroatoms. The average Bonchev–Trinajstić information content (AvgIpc) is 2.70. The molecule has 2 rings (SSSR count). The zero-order valence-corrected chi connectivity index (χ0v) is 19.3. The number of likely N-dealkylation sites (tertiary alicyclic amines) is 1. The van der Waals surface area contributed by atoms with E-state index >= 15 is 0 Å². The number of aliphatic imine (C=N–C) groups is 1. The van der Waals surface area contributed by atoms with Crippen LogP contribution in [0.15, 0.2) is 29.3 Å². The number of piperidine rings is 1. The topological polar surface area (TPSA) is 92.0 Å². The first-order chi connectivity index (χ1) is 13.1. The first-order valence-electron chi connectivity index (χ1n) is 9.71. The molecule has 1 aliphatic heterocycles. The molecule has 28 heavy (non-hydrogen) atoms. The third-order valence-electron chi connectivity index (χ3n) is 5.00. The molecule has 0 aliphatic carbocycles. The Morgan fingerprint density at radius 2 is 2.04 bits per heavy atom. The van der Waals surface area contributed by atoms with Gasteiger partial charge in [0.05, 0.1) is 7.11 Å². The van der Waals surface area contributed by atoms with Crippen molar-refractivity contribution < 1.29 is 9.53 Å². The Labute approximate surface area is 185 Å². The number of nitrogens with two attached hydrogens (primary N) is 1. The molecule has 0 bridgehead atoms. The SMILES string of the molecule is CN=C(NCCCCN1CCC(C(N)=O)CC1)NCc1cccc(OC)c1.I. The summed E-state index contributed by atoms with van der Waals surface area (Å²) in [5.41, 5.74) is 6.53. The molecule has 0 saturated carbocycles. The highest BCUT2D eigenvalue weighted by atomic mass is 127. The second-order valence-electron chi connectivity index (χ2n) is 6.93. The summed E-state index contributed by atoms with van der Waals surface area (Å²) < 4.78 is 5.25. The van der Waals surface area contributed by atoms with Crippen molar-refractivity contribution in [3.8, 4) is 5.75 Å². The first kappa shape index (κ1) is 24.5. The van der Waals surface area contributed by atoms with E-state index in [9.17, 15) is 4.79 Å². The number of amides is 1. The van der Waals surface area contributed by atoms with Crippen LogP contribution in [0.1, 0.15) is 31.2 Å². The van der Waals surface area contributed by atoms with Crippen LogP contribution in [0.25, 0.3) is 0 Å². The van der Waals surface area contributed by atoms with Gasteiger partial charge in [-0.15, -0.1) is 24.0 Å². The van der Waals surface area contributed by atoms with Crippen LogP contribution in [0.4, 0.5) is 0 Å². The fourth-order valence-electron chi connectivity index (χ4n) is 3.30. The number of carbonyl (C=O) groups is 1. The molecule has 0 aromatic heterocycles. The van der Waals surface area contributed by atoms with Crippen LogP contribution in [0.2, 0.25) is 0 Å². The Bertz CT molecular complexity index is 618. The van der Waals surface area contributed by atoms with Crippen molar-refractivity contribution in [2.24, 2.45) is 16.6 Å². The number of hydrogen-bond donors (Lipinski definition) is 3. The predicted octanol–water partition coefficient (Wildman–Crippen LogP) is 1.96. The molecule has 7 nitrogen and oxygen atoms in total. The lowest BCUT2D eigenvalue weighted by atomic mass is 9.96. The van der Waals surface area contributed by atoms with Crippen LogP contribution in [-0.4, -0.2) is 57.1 Å². The van der Waals surface area contributed by atoms with Gasteiger partial charge >= 0.3 is 0 Å². The van der Waals surface area contributed by atoms with E-state index in [0.29, 0.717) is 6.54 Å². The summed E-state index contributed by atoms with van der Waals surface area (Å²) in [4.78, 5) is 17.9. The summed E-state index contributed by atoms with van der Waals surface area (Å²) in [5, 5.41) is 6.68. The molecule has 1 amide bonds. The number of methoxy groups -OCH3 is 1. The highest BCUT2D eigenvalue weighted by Crippen LogP contribution is 2.16. The highest BCUT2D eigenvalue weighted by Gasteiger charge is 2.22. The molecule has 1 aromatic carbocycles. The molecule has 0 spiro atoms. The van der Waals surface area contributed by atoms with Crippen LogP contribution >= 0.6 is 24.0 Å². The molecule has 158 valence electrons. The largest absolute Gasteiger partial charge is 0.497 e. The molecular formula is C20H34IN5O2. The average molecular weight is 503 g/mol. The van der Waals surface area contributed by atoms with E-state index in [1.165, 1.54) is 0 Å². The highest BCUT2D eigenvalue weighted by molar-refractivity contribution is 14.0. The minimum Gasteiger partial charge on any atom is -0.497 e. The van der Waals surface area contributed by atoms with Gasteiger partial charge in [-0.2, -0.15) is 0 Å². The van der Waals surface area contributed by atoms with Gasteiger partial charge in [-0.1, -0.05) is 12.1 Å². The number of nitrogens with one attached hydrogen (secondary N) is 2. The van der Waals surface area contributed by atoms with Gasteiger partial charge in [0.25, 0.3) is 0 Å². The second kappa shape index (κ2) is 13.6. The molecular weight excluding hydrogens is 469 g/mol. The molecule has 1 aliphatic rings. The summed E-state index contributed by atoms with van der Waals surface area (Å²) >= 11 is 0. The number of hydrogen-bond acceptors (Lipinski definition) is 4. The van der Waals surface area contributed by atoms with Crippen molar-refractivity contribution in [2.45, 2.75) is 32.2 Å². The van der Waals surface area contributed by atoms with Crippen LogP contribution in [0.3, 0.4) is 0 Å². The molecule has 0 radical (unpaired) electrons. The van der Waals surface area contributed by atoms with Crippen LogP contribution in [0.5, 0.6) is 5.75 Å². The number of unbranched alkanes of at least 4 members (excludes halogenated alkanes) is 1. The maximum atomic E-state index is 11.2. The Morgan fingerprint density at radius 3 is 2.68 bits per heavy atom. The quantitative estimate of drug-likeness (QED) is 0.208. The molecule has 1 aromatic rings. The number of primary amides is 1. The van der Waals surface area contributed by atoms with E-state index in [2.05, 4.69) is 26.6 Å². The fourth-order valence-corrected chi connectivity index (χ4v) is 3.30. The minimum absolute atomic E-state index is 0. The molecule has 1 saturated heterocycles. The number of halogens is 1. The third-order valence-corrected chi connectivity index (χ3v) is 5.00. The maximum Gasteiger partial charge on any atom is 0.220 e. The number of rotatable bonds is 9. The lowest BCUT2D eigenvalue weighted by Gasteiger charge is -2.30. The molecule has 4 N–H and O–H groups in total. The Kier molecular flexibility index (Phi) is 11.9. The molecule has 1 fully saturated rings. The van der Waals surface area contributed by atoms with Gasteiger partial charge in [0, 0.05) is 26.1 Å². The summed E-state index contributed by atoms with van der Waals surface area (Å²) in [6.07, 6.45) is 4.00. The lowest BCUT2D eigenvalue weighted by Crippen LogP contribution is -2.39. The lowest BCUT2D eigenvalue weighted by molar-refractivity contribution is -0.123. The minimum atomic E-state index is -0.147. The van der Waals surface area contributed by atoms with Gasteiger partial charge in [-0.3, -0.25) is 9.79 Å². The van der Waals surface area contributed by atoms with E-state index in [1.807, 2.05) is 18.2 Å². The van der Waals surface area contributed by atoms with Crippen LogP contribution in [0, 0.1) is 5.92 Å². The number of carbonyl (C=O) groups excluding carboxylic acids is 1. The monoisotopic (exact) mass is 503 g/mol. The van der Waals surface area contributed by atoms with Crippen molar-refractivity contribution in [1.82, 2.24) is 15.5 Å². The van der Waals surface area contributed by atoms with Gasteiger partial charge in [-0.25, -0.2) is 0 Å². The zero-order valence-electron chi connectivity index (χ0n) is 16.9. The number of nitrogens with zero attached hydrogens (tertiary/aromatic N) is 2. The summed E-state index contributed by atoms with van der Waals surface area (Å²) in [5.74, 6) is 1.59. The number of guanidine groups is 1. The Hall–Kier alpha value is -1.55. The van der Waals surface area contributed by atoms with E-state index in [0.717, 1.165) is 69.1 Å². The normalized spacial score (nSPS) is 15.6. The van der Waals surface area contributed by atoms with Crippen molar-refractivity contribution in [1.29, 1.82) is 0 Å². The number of benzene rings is 1. The standard InChI is InChI=1S/C20H33N5O2.HI/c1-22-20(24-15-16-6-5-7-18(14-16)27-2)23-10-3-4-11-25-12-8-17(9-13-25)19(21)26;/h5-7,14,17H,3-4,8-13,15H2,1-2H3,(H2,21,26)(H2,22,23,24);1H. The zero-order chi connectivity index (χ0) is 19.5. The van der Waals surface area contributed by atoms with E-state index in [-0.39, 0.29) is 35.8 Å². The van der Waals surface area contributed by atoms with Gasteiger partial charge < -0.3 is 26.0 Å². The van der Waals surface area contributed by atoms with E-state index in [1.54, 1.807) is 14.2 Å². The maximum absolute atomic E-state index is 11.2. The van der Waals surface area contributed by atoms with Gasteiger partial charge in [-0.05, 0) is 63.0 Å². The third kappa shape index (κ3) is 8.64. The molecule has 1 heterocycles. The summed E-state index contributed by atoms with van der Waals surface area (Å²) in [7, 11) is 3.46. The fraction of sp³-hybridized carbons (Fsp3) is 0.600. The van der Waals surface area contributed by atoms with Gasteiger partial charge in [0.15, 0.2) is 5.96 Å².